The van der Waals surface area contributed by atoms with Gasteiger partial charge in [-0.1, -0.05) is 43.2 Å². The van der Waals surface area contributed by atoms with Gasteiger partial charge in [-0.15, -0.1) is 5.06 Å². The molecule has 3 aromatic carbocycles. The fourth-order valence-corrected chi connectivity index (χ4v) is 5.59. The summed E-state index contributed by atoms with van der Waals surface area (Å²) in [6, 6.07) is 17.1. The summed E-state index contributed by atoms with van der Waals surface area (Å²) in [5, 5.41) is 1.68. The van der Waals surface area contributed by atoms with Gasteiger partial charge in [0.2, 0.25) is 0 Å². The van der Waals surface area contributed by atoms with Crippen LogP contribution in [0, 0.1) is 24.4 Å². The molecule has 11 heteroatoms. The molecule has 2 N–H and O–H groups in total. The second-order valence-corrected chi connectivity index (χ2v) is 11.2. The molecule has 1 aromatic heterocycles. The van der Waals surface area contributed by atoms with Crippen molar-refractivity contribution >= 4 is 17.6 Å². The Morgan fingerprint density at radius 1 is 0.935 bits per heavy atom. The highest BCUT2D eigenvalue weighted by molar-refractivity contribution is 6.11. The number of anilines is 1. The van der Waals surface area contributed by atoms with Gasteiger partial charge in [0, 0.05) is 36.3 Å². The van der Waals surface area contributed by atoms with E-state index in [0.29, 0.717) is 17.5 Å². The van der Waals surface area contributed by atoms with Crippen molar-refractivity contribution in [3.63, 3.8) is 0 Å². The van der Waals surface area contributed by atoms with Crippen LogP contribution in [-0.4, -0.2) is 40.6 Å². The van der Waals surface area contributed by atoms with Crippen molar-refractivity contribution < 1.29 is 32.3 Å². The van der Waals surface area contributed by atoms with Crippen molar-refractivity contribution in [2.45, 2.75) is 51.5 Å². The number of hydroxylamine groups is 2. The minimum atomic E-state index is -1.13. The molecule has 0 atom stereocenters. The largest absolute Gasteiger partial charge is 0.493 e. The van der Waals surface area contributed by atoms with Crippen LogP contribution in [0.2, 0.25) is 0 Å². The summed E-state index contributed by atoms with van der Waals surface area (Å²) in [5.41, 5.74) is 5.48. The Hall–Kier alpha value is -4.90. The summed E-state index contributed by atoms with van der Waals surface area (Å²) in [6.45, 7) is 1.92. The first-order valence-corrected chi connectivity index (χ1v) is 15.1. The number of carbonyl (C=O) groups excluding carboxylic acids is 2. The zero-order chi connectivity index (χ0) is 32.8. The second-order valence-electron chi connectivity index (χ2n) is 11.2. The number of rotatable bonds is 12. The van der Waals surface area contributed by atoms with Crippen LogP contribution in [-0.2, 0) is 16.1 Å². The summed E-state index contributed by atoms with van der Waals surface area (Å²) < 4.78 is 50.6. The monoisotopic (exact) mass is 633 g/mol. The zero-order valence-corrected chi connectivity index (χ0v) is 25.3. The number of ketones is 1. The highest BCUT2D eigenvalue weighted by Crippen LogP contribution is 2.28. The van der Waals surface area contributed by atoms with E-state index in [1.165, 1.54) is 19.1 Å². The maximum atomic E-state index is 15.3. The van der Waals surface area contributed by atoms with E-state index in [2.05, 4.69) is 0 Å². The van der Waals surface area contributed by atoms with E-state index in [0.717, 1.165) is 61.6 Å². The average molecular weight is 634 g/mol. The fourth-order valence-electron chi connectivity index (χ4n) is 5.59. The van der Waals surface area contributed by atoms with Crippen LogP contribution in [0.15, 0.2) is 77.6 Å². The number of nitrogen functional groups attached to an aromatic ring is 1. The molecule has 5 rings (SSSR count). The van der Waals surface area contributed by atoms with E-state index in [9.17, 15) is 18.8 Å². The molecule has 0 unspecified atom stereocenters. The van der Waals surface area contributed by atoms with Gasteiger partial charge in [-0.25, -0.2) is 18.0 Å². The van der Waals surface area contributed by atoms with Gasteiger partial charge in [0.25, 0.3) is 5.56 Å². The van der Waals surface area contributed by atoms with Gasteiger partial charge in [0.15, 0.2) is 17.4 Å². The van der Waals surface area contributed by atoms with E-state index >= 15 is 8.78 Å². The number of benzene rings is 3. The van der Waals surface area contributed by atoms with Crippen molar-refractivity contribution in [2.24, 2.45) is 0 Å². The lowest BCUT2D eigenvalue weighted by Gasteiger charge is -2.27. The van der Waals surface area contributed by atoms with Gasteiger partial charge in [-0.2, -0.15) is 0 Å². The van der Waals surface area contributed by atoms with Gasteiger partial charge in [0.1, 0.15) is 23.1 Å². The summed E-state index contributed by atoms with van der Waals surface area (Å²) >= 11 is 0. The Morgan fingerprint density at radius 2 is 1.63 bits per heavy atom. The third kappa shape index (κ3) is 7.48. The van der Waals surface area contributed by atoms with Crippen LogP contribution < -0.4 is 16.0 Å². The summed E-state index contributed by atoms with van der Waals surface area (Å²) in [6.07, 6.45) is 4.42. The number of halogens is 3. The van der Waals surface area contributed by atoms with Crippen molar-refractivity contribution in [3.8, 4) is 11.4 Å². The minimum Gasteiger partial charge on any atom is -0.493 e. The Balaban J connectivity index is 1.26. The van der Waals surface area contributed by atoms with Gasteiger partial charge in [0.05, 0.1) is 18.6 Å². The van der Waals surface area contributed by atoms with Crippen LogP contribution in [0.4, 0.5) is 19.0 Å². The third-order valence-corrected chi connectivity index (χ3v) is 7.94. The van der Waals surface area contributed by atoms with E-state index in [1.54, 1.807) is 5.06 Å². The lowest BCUT2D eigenvalue weighted by Crippen LogP contribution is -2.37. The van der Waals surface area contributed by atoms with Gasteiger partial charge < -0.3 is 15.3 Å². The first-order valence-electron chi connectivity index (χ1n) is 15.1. The van der Waals surface area contributed by atoms with Crippen molar-refractivity contribution in [1.29, 1.82) is 0 Å². The normalized spacial score (nSPS) is 13.2. The minimum absolute atomic E-state index is 0.0703. The first kappa shape index (κ1) is 32.5. The van der Waals surface area contributed by atoms with Crippen molar-refractivity contribution in [3.05, 3.63) is 123 Å². The van der Waals surface area contributed by atoms with Crippen molar-refractivity contribution in [2.75, 3.05) is 18.9 Å². The molecular formula is C35H34F3N3O5. The van der Waals surface area contributed by atoms with Crippen molar-refractivity contribution in [1.82, 2.24) is 9.63 Å². The number of aryl methyl sites for hydroxylation is 1. The number of hydrogen-bond donors (Lipinski definition) is 1. The molecule has 0 aliphatic heterocycles. The van der Waals surface area contributed by atoms with Gasteiger partial charge in [-0.3, -0.25) is 14.2 Å². The SMILES string of the molecule is Cc1cc(C(=O)c2ccc(=O)n(-c3c(F)cc(OCCCN(OC(=O)Cc4ccccc4)C4CCCC4)cc3F)c2N)ccc1F. The summed E-state index contributed by atoms with van der Waals surface area (Å²) in [4.78, 5) is 44.2. The van der Waals surface area contributed by atoms with Gasteiger partial charge in [-0.05, 0) is 61.6 Å². The number of aromatic nitrogens is 1. The Kier molecular flexibility index (Phi) is 10.2. The molecule has 46 heavy (non-hydrogen) atoms. The number of carbonyl (C=O) groups is 2. The number of pyridine rings is 1. The summed E-state index contributed by atoms with van der Waals surface area (Å²) in [7, 11) is 0. The summed E-state index contributed by atoms with van der Waals surface area (Å²) in [5.74, 6) is -4.37. The maximum Gasteiger partial charge on any atom is 0.329 e. The van der Waals surface area contributed by atoms with Crippen LogP contribution in [0.5, 0.6) is 5.75 Å². The molecule has 4 aromatic rings. The van der Waals surface area contributed by atoms with E-state index < -0.39 is 40.3 Å². The van der Waals surface area contributed by atoms with Crippen LogP contribution in [0.1, 0.15) is 59.2 Å². The molecule has 0 radical (unpaired) electrons. The zero-order valence-electron chi connectivity index (χ0n) is 25.3. The molecule has 8 nitrogen and oxygen atoms in total. The molecular weight excluding hydrogens is 599 g/mol. The number of hydrogen-bond acceptors (Lipinski definition) is 7. The smallest absolute Gasteiger partial charge is 0.329 e. The van der Waals surface area contributed by atoms with Crippen LogP contribution in [0.3, 0.4) is 0 Å². The van der Waals surface area contributed by atoms with Gasteiger partial charge >= 0.3 is 5.97 Å². The first-order chi connectivity index (χ1) is 22.1. The molecule has 1 heterocycles. The lowest BCUT2D eigenvalue weighted by atomic mass is 10.0. The Labute approximate surface area is 264 Å². The molecule has 0 amide bonds. The van der Waals surface area contributed by atoms with Crippen LogP contribution in [0.25, 0.3) is 5.69 Å². The Bertz CT molecular complexity index is 1770. The van der Waals surface area contributed by atoms with E-state index in [4.69, 9.17) is 15.3 Å². The standard InChI is InChI=1S/C35H34F3N3O5/c1-22-18-24(12-14-28(22)36)34(44)27-13-15-31(42)41(35(27)39)33-29(37)20-26(21-30(33)38)45-17-7-16-40(25-10-5-6-11-25)46-32(43)19-23-8-3-2-4-9-23/h2-4,8-9,12-15,18,20-21,25H,5-7,10-11,16-17,19,39H2,1H3. The Morgan fingerprint density at radius 3 is 2.30 bits per heavy atom. The molecule has 0 spiro atoms. The molecule has 1 aliphatic rings. The molecule has 0 saturated heterocycles. The number of nitrogens with zero attached hydrogens (tertiary/aromatic N) is 2. The lowest BCUT2D eigenvalue weighted by molar-refractivity contribution is -0.201. The molecule has 1 saturated carbocycles. The molecule has 0 bridgehead atoms. The van der Waals surface area contributed by atoms with E-state index in [1.807, 2.05) is 30.3 Å². The quantitative estimate of drug-likeness (QED) is 0.114. The third-order valence-electron chi connectivity index (χ3n) is 7.94. The number of nitrogens with two attached hydrogens (primary N) is 1. The maximum absolute atomic E-state index is 15.3. The molecule has 1 fully saturated rings. The molecule has 1 aliphatic carbocycles. The van der Waals surface area contributed by atoms with E-state index in [-0.39, 0.29) is 47.5 Å². The fraction of sp³-hybridized carbons (Fsp3) is 0.286. The predicted molar refractivity (Wildman–Crippen MR) is 166 cm³/mol. The second kappa shape index (κ2) is 14.5. The highest BCUT2D eigenvalue weighted by atomic mass is 19.1. The van der Waals surface area contributed by atoms with Crippen LogP contribution >= 0.6 is 0 Å². The molecule has 240 valence electrons. The predicted octanol–water partition coefficient (Wildman–Crippen LogP) is 6.09. The number of ether oxygens (including phenoxy) is 1. The average Bonchev–Trinajstić information content (AvgIpc) is 3.57. The highest BCUT2D eigenvalue weighted by Gasteiger charge is 2.26. The topological polar surface area (TPSA) is 104 Å².